The Morgan fingerprint density at radius 3 is 2.69 bits per heavy atom. The molecule has 2 aromatic heterocycles. The van der Waals surface area contributed by atoms with Gasteiger partial charge in [0.1, 0.15) is 6.26 Å². The normalized spacial score (nSPS) is 10.9. The molecule has 0 fully saturated rings. The number of aromatic nitrogens is 3. The summed E-state index contributed by atoms with van der Waals surface area (Å²) in [6.45, 7) is 4.54. The van der Waals surface area contributed by atoms with Gasteiger partial charge in [0.15, 0.2) is 0 Å². The lowest BCUT2D eigenvalue weighted by Crippen LogP contribution is -2.03. The zero-order chi connectivity index (χ0) is 11.5. The first-order valence-corrected chi connectivity index (χ1v) is 5.51. The van der Waals surface area contributed by atoms with Gasteiger partial charge in [-0.3, -0.25) is 0 Å². The van der Waals surface area contributed by atoms with E-state index < -0.39 is 0 Å². The zero-order valence-corrected chi connectivity index (χ0v) is 9.60. The Hall–Kier alpha value is -1.62. The van der Waals surface area contributed by atoms with Crippen LogP contribution in [0.25, 0.3) is 6.01 Å². The lowest BCUT2D eigenvalue weighted by Gasteiger charge is -1.98. The lowest BCUT2D eigenvalue weighted by atomic mass is 10.3. The predicted octanol–water partition coefficient (Wildman–Crippen LogP) is 1.44. The van der Waals surface area contributed by atoms with Crippen molar-refractivity contribution in [3.8, 4) is 6.01 Å². The number of hydrogen-bond acceptors (Lipinski definition) is 4. The number of aryl methyl sites for hydroxylation is 2. The first kappa shape index (κ1) is 10.9. The standard InChI is InChI=1S/C11H16N4O/c1-3-8-5-10(4-2)15(14-8)11-13-9(6-12)7-16-11/h5,7H,3-4,6,12H2,1-2H3. The summed E-state index contributed by atoms with van der Waals surface area (Å²) in [5.74, 6) is 0. The van der Waals surface area contributed by atoms with E-state index in [9.17, 15) is 0 Å². The molecule has 5 nitrogen and oxygen atoms in total. The quantitative estimate of drug-likeness (QED) is 0.846. The van der Waals surface area contributed by atoms with E-state index in [1.807, 2.05) is 0 Å². The van der Waals surface area contributed by atoms with Crippen molar-refractivity contribution in [2.75, 3.05) is 0 Å². The SMILES string of the molecule is CCc1cc(CC)n(-c2nc(CN)co2)n1. The van der Waals surface area contributed by atoms with Gasteiger partial charge in [0, 0.05) is 12.2 Å². The van der Waals surface area contributed by atoms with Gasteiger partial charge in [-0.15, -0.1) is 0 Å². The number of rotatable bonds is 4. The molecule has 0 radical (unpaired) electrons. The Kier molecular flexibility index (Phi) is 3.05. The van der Waals surface area contributed by atoms with Crippen LogP contribution in [-0.4, -0.2) is 14.8 Å². The van der Waals surface area contributed by atoms with E-state index in [-0.39, 0.29) is 0 Å². The fourth-order valence-corrected chi connectivity index (χ4v) is 1.55. The number of hydrogen-bond donors (Lipinski definition) is 1. The average molecular weight is 220 g/mol. The van der Waals surface area contributed by atoms with Gasteiger partial charge in [0.2, 0.25) is 0 Å². The Balaban J connectivity index is 2.41. The van der Waals surface area contributed by atoms with E-state index in [1.54, 1.807) is 10.9 Å². The lowest BCUT2D eigenvalue weighted by molar-refractivity contribution is 0.501. The van der Waals surface area contributed by atoms with Gasteiger partial charge >= 0.3 is 6.01 Å². The maximum Gasteiger partial charge on any atom is 0.323 e. The molecule has 2 N–H and O–H groups in total. The van der Waals surface area contributed by atoms with Crippen molar-refractivity contribution in [1.82, 2.24) is 14.8 Å². The Labute approximate surface area is 94.3 Å². The van der Waals surface area contributed by atoms with Gasteiger partial charge in [-0.2, -0.15) is 14.8 Å². The highest BCUT2D eigenvalue weighted by atomic mass is 16.4. The summed E-state index contributed by atoms with van der Waals surface area (Å²) in [5.41, 5.74) is 8.38. The molecule has 0 atom stereocenters. The van der Waals surface area contributed by atoms with E-state index in [0.29, 0.717) is 12.6 Å². The second-order valence-corrected chi connectivity index (χ2v) is 3.57. The highest BCUT2D eigenvalue weighted by Crippen LogP contribution is 2.13. The first-order chi connectivity index (χ1) is 7.78. The molecule has 2 aromatic rings. The molecule has 0 bridgehead atoms. The van der Waals surface area contributed by atoms with Gasteiger partial charge < -0.3 is 10.2 Å². The van der Waals surface area contributed by atoms with Crippen LogP contribution in [0.2, 0.25) is 0 Å². The van der Waals surface area contributed by atoms with Crippen LogP contribution in [0, 0.1) is 0 Å². The highest BCUT2D eigenvalue weighted by Gasteiger charge is 2.11. The fraction of sp³-hybridized carbons (Fsp3) is 0.455. The van der Waals surface area contributed by atoms with E-state index in [0.717, 1.165) is 29.9 Å². The van der Waals surface area contributed by atoms with Crippen LogP contribution in [0.3, 0.4) is 0 Å². The molecule has 0 aliphatic rings. The summed E-state index contributed by atoms with van der Waals surface area (Å²) in [5, 5.41) is 4.44. The Bertz CT molecular complexity index is 472. The highest BCUT2D eigenvalue weighted by molar-refractivity contribution is 5.19. The van der Waals surface area contributed by atoms with Gasteiger partial charge in [-0.25, -0.2) is 0 Å². The number of nitrogens with zero attached hydrogens (tertiary/aromatic N) is 3. The molecular formula is C11H16N4O. The third-order valence-electron chi connectivity index (χ3n) is 2.49. The maximum absolute atomic E-state index is 5.49. The molecule has 2 heterocycles. The average Bonchev–Trinajstić information content (AvgIpc) is 2.94. The van der Waals surface area contributed by atoms with Crippen LogP contribution in [0.15, 0.2) is 16.7 Å². The van der Waals surface area contributed by atoms with Crippen LogP contribution >= 0.6 is 0 Å². The smallest absolute Gasteiger partial charge is 0.323 e. The van der Waals surface area contributed by atoms with Gasteiger partial charge in [-0.1, -0.05) is 13.8 Å². The fourth-order valence-electron chi connectivity index (χ4n) is 1.55. The molecular weight excluding hydrogens is 204 g/mol. The minimum Gasteiger partial charge on any atom is -0.430 e. The first-order valence-electron chi connectivity index (χ1n) is 5.51. The van der Waals surface area contributed by atoms with Crippen molar-refractivity contribution in [2.24, 2.45) is 5.73 Å². The molecule has 0 unspecified atom stereocenters. The van der Waals surface area contributed by atoms with Crippen LogP contribution < -0.4 is 5.73 Å². The molecule has 86 valence electrons. The Morgan fingerprint density at radius 1 is 1.31 bits per heavy atom. The van der Waals surface area contributed by atoms with Crippen LogP contribution in [0.1, 0.15) is 30.9 Å². The molecule has 0 spiro atoms. The summed E-state index contributed by atoms with van der Waals surface area (Å²) < 4.78 is 7.10. The summed E-state index contributed by atoms with van der Waals surface area (Å²) >= 11 is 0. The van der Waals surface area contributed by atoms with Crippen molar-refractivity contribution in [3.63, 3.8) is 0 Å². The molecule has 2 rings (SSSR count). The molecule has 0 aliphatic carbocycles. The van der Waals surface area contributed by atoms with Crippen molar-refractivity contribution in [2.45, 2.75) is 33.2 Å². The van der Waals surface area contributed by atoms with Gasteiger partial charge in [0.05, 0.1) is 11.4 Å². The monoisotopic (exact) mass is 220 g/mol. The molecule has 0 saturated carbocycles. The van der Waals surface area contributed by atoms with Crippen molar-refractivity contribution in [3.05, 3.63) is 29.4 Å². The number of oxazole rings is 1. The second-order valence-electron chi connectivity index (χ2n) is 3.57. The van der Waals surface area contributed by atoms with E-state index >= 15 is 0 Å². The van der Waals surface area contributed by atoms with Gasteiger partial charge in [0.25, 0.3) is 0 Å². The minimum atomic E-state index is 0.382. The molecule has 0 aromatic carbocycles. The second kappa shape index (κ2) is 4.49. The van der Waals surface area contributed by atoms with E-state index in [4.69, 9.17) is 10.2 Å². The van der Waals surface area contributed by atoms with E-state index in [2.05, 4.69) is 30.0 Å². The topological polar surface area (TPSA) is 69.9 Å². The molecule has 0 aliphatic heterocycles. The maximum atomic E-state index is 5.49. The van der Waals surface area contributed by atoms with Gasteiger partial charge in [-0.05, 0) is 18.9 Å². The Morgan fingerprint density at radius 2 is 2.12 bits per heavy atom. The number of nitrogens with two attached hydrogens (primary N) is 1. The summed E-state index contributed by atoms with van der Waals surface area (Å²) in [6.07, 6.45) is 3.37. The van der Waals surface area contributed by atoms with Crippen LogP contribution in [0.5, 0.6) is 0 Å². The third kappa shape index (κ3) is 1.86. The third-order valence-corrected chi connectivity index (χ3v) is 2.49. The van der Waals surface area contributed by atoms with E-state index in [1.165, 1.54) is 0 Å². The van der Waals surface area contributed by atoms with Crippen molar-refractivity contribution < 1.29 is 4.42 Å². The van der Waals surface area contributed by atoms with Crippen LogP contribution in [0.4, 0.5) is 0 Å². The molecule has 16 heavy (non-hydrogen) atoms. The summed E-state index contributed by atoms with van der Waals surface area (Å²) in [6, 6.07) is 2.57. The molecule has 0 amide bonds. The summed E-state index contributed by atoms with van der Waals surface area (Å²) in [4.78, 5) is 4.26. The minimum absolute atomic E-state index is 0.382. The van der Waals surface area contributed by atoms with Crippen molar-refractivity contribution >= 4 is 0 Å². The van der Waals surface area contributed by atoms with Crippen LogP contribution in [-0.2, 0) is 19.4 Å². The predicted molar refractivity (Wildman–Crippen MR) is 60.3 cm³/mol. The largest absolute Gasteiger partial charge is 0.430 e. The van der Waals surface area contributed by atoms with Crippen molar-refractivity contribution in [1.29, 1.82) is 0 Å². The zero-order valence-electron chi connectivity index (χ0n) is 9.60. The molecule has 5 heteroatoms. The summed E-state index contributed by atoms with van der Waals surface area (Å²) in [7, 11) is 0. The molecule has 0 saturated heterocycles.